The fourth-order valence-electron chi connectivity index (χ4n) is 0. The summed E-state index contributed by atoms with van der Waals surface area (Å²) in [5.74, 6) is 0. The van der Waals surface area contributed by atoms with E-state index in [1.54, 1.807) is 0 Å². The Bertz CT molecular complexity index is 100. The third-order valence-electron chi connectivity index (χ3n) is 0. The summed E-state index contributed by atoms with van der Waals surface area (Å²) in [5.41, 5.74) is 0. The van der Waals surface area contributed by atoms with Crippen LogP contribution in [-0.4, -0.2) is 27.6 Å². The van der Waals surface area contributed by atoms with E-state index in [0.717, 1.165) is 0 Å². The zero-order valence-electron chi connectivity index (χ0n) is 4.63. The van der Waals surface area contributed by atoms with Crippen LogP contribution in [0.5, 0.6) is 0 Å². The molecule has 0 heterocycles. The second-order valence-corrected chi connectivity index (χ2v) is 2.11. The second kappa shape index (κ2) is 8.97. The average molecular weight is 156 g/mol. The predicted octanol–water partition coefficient (Wildman–Crippen LogP) is -8.28. The van der Waals surface area contributed by atoms with Gasteiger partial charge in [-0.15, -0.1) is 0 Å². The molecule has 0 aromatic heterocycles. The maximum absolute atomic E-state index is 9.08. The van der Waals surface area contributed by atoms with Gasteiger partial charge in [-0.3, -0.25) is 0 Å². The van der Waals surface area contributed by atoms with Crippen molar-refractivity contribution in [1.82, 2.24) is 0 Å². The van der Waals surface area contributed by atoms with Gasteiger partial charge in [0.05, 0.1) is 10.1 Å². The van der Waals surface area contributed by atoms with Gasteiger partial charge in [-0.1, -0.05) is 8.41 Å². The third-order valence-corrected chi connectivity index (χ3v) is 0. The predicted molar refractivity (Wildman–Crippen MR) is 27.0 cm³/mol. The van der Waals surface area contributed by atoms with Crippen LogP contribution in [0, 0.1) is 0 Å². The monoisotopic (exact) mass is 156 g/mol. The zero-order valence-corrected chi connectivity index (χ0v) is 9.45. The van der Waals surface area contributed by atoms with E-state index < -0.39 is 10.1 Å². The minimum absolute atomic E-state index is 0. The first-order chi connectivity index (χ1) is 2.00. The topological polar surface area (TPSA) is 57.2 Å². The van der Waals surface area contributed by atoms with Gasteiger partial charge in [-0.2, -0.15) is 0 Å². The van der Waals surface area contributed by atoms with Crippen LogP contribution < -0.4 is 59.1 Å². The Balaban J connectivity index is -0.0000000267. The first kappa shape index (κ1) is 22.5. The average Bonchev–Trinajstić information content (AvgIpc) is 0.722. The summed E-state index contributed by atoms with van der Waals surface area (Å²) in [6, 6.07) is 0. The van der Waals surface area contributed by atoms with Crippen molar-refractivity contribution >= 4 is 18.5 Å². The van der Waals surface area contributed by atoms with Crippen LogP contribution >= 0.6 is 0 Å². The van der Waals surface area contributed by atoms with Crippen LogP contribution in [0.3, 0.4) is 0 Å². The van der Waals surface area contributed by atoms with E-state index in [-0.39, 0.29) is 67.5 Å². The zero-order chi connectivity index (χ0) is 4.50. The van der Waals surface area contributed by atoms with Crippen LogP contribution in [0.15, 0.2) is 0 Å². The van der Waals surface area contributed by atoms with Gasteiger partial charge in [0.1, 0.15) is 0 Å². The first-order valence-corrected chi connectivity index (χ1v) is 2.72. The van der Waals surface area contributed by atoms with Crippen LogP contribution in [0.4, 0.5) is 0 Å². The van der Waals surface area contributed by atoms with Crippen molar-refractivity contribution in [3.8, 4) is 0 Å². The second-order valence-electron chi connectivity index (χ2n) is 0.704. The fourth-order valence-corrected chi connectivity index (χ4v) is 0. The van der Waals surface area contributed by atoms with Crippen molar-refractivity contribution in [2.45, 2.75) is 0 Å². The summed E-state index contributed by atoms with van der Waals surface area (Å²) in [6.07, 6.45) is 0.604. The molecule has 0 amide bonds. The van der Waals surface area contributed by atoms with Crippen LogP contribution in [0.1, 0.15) is 0 Å². The first-order valence-electron chi connectivity index (χ1n) is 0.908. The summed E-state index contributed by atoms with van der Waals surface area (Å²) < 4.78 is 27.2. The SMILES string of the molecule is CS(=O)(=O)[O-].[BH4-].[Na+].[Na+]. The maximum atomic E-state index is 9.08. The Kier molecular flexibility index (Phi) is 25.2. The van der Waals surface area contributed by atoms with E-state index >= 15 is 0 Å². The molecule has 0 aromatic carbocycles. The summed E-state index contributed by atoms with van der Waals surface area (Å²) in [5, 5.41) is 0. The van der Waals surface area contributed by atoms with Crippen molar-refractivity contribution < 1.29 is 72.1 Å². The molecular weight excluding hydrogens is 149 g/mol. The van der Waals surface area contributed by atoms with Crippen molar-refractivity contribution in [3.05, 3.63) is 0 Å². The summed E-state index contributed by atoms with van der Waals surface area (Å²) in [7, 11) is -3.92. The molecule has 40 valence electrons. The Labute approximate surface area is 95.5 Å². The minimum atomic E-state index is -3.92. The van der Waals surface area contributed by atoms with Gasteiger partial charge in [0, 0.05) is 6.26 Å². The maximum Gasteiger partial charge on any atom is 1.00 e. The molecule has 7 heteroatoms. The molecular formula is CH7BNa2O3S. The minimum Gasteiger partial charge on any atom is -0.748 e. The molecule has 0 aliphatic carbocycles. The van der Waals surface area contributed by atoms with Crippen molar-refractivity contribution in [1.29, 1.82) is 0 Å². The summed E-state index contributed by atoms with van der Waals surface area (Å²) in [4.78, 5) is 0. The van der Waals surface area contributed by atoms with Crippen LogP contribution in [0.2, 0.25) is 0 Å². The Morgan fingerprint density at radius 1 is 1.25 bits per heavy atom. The van der Waals surface area contributed by atoms with E-state index in [1.165, 1.54) is 0 Å². The molecule has 0 N–H and O–H groups in total. The molecule has 0 aliphatic rings. The Morgan fingerprint density at radius 2 is 1.25 bits per heavy atom. The van der Waals surface area contributed by atoms with Gasteiger partial charge in [0.2, 0.25) is 0 Å². The molecule has 0 aliphatic heterocycles. The van der Waals surface area contributed by atoms with E-state index in [4.69, 9.17) is 13.0 Å². The number of hydrogen-bond acceptors (Lipinski definition) is 3. The number of hydrogen-bond donors (Lipinski definition) is 0. The van der Waals surface area contributed by atoms with Crippen LogP contribution in [0.25, 0.3) is 0 Å². The van der Waals surface area contributed by atoms with E-state index in [0.29, 0.717) is 6.26 Å². The third kappa shape index (κ3) is 99.5. The van der Waals surface area contributed by atoms with Gasteiger partial charge in [0.15, 0.2) is 0 Å². The normalized spacial score (nSPS) is 7.25. The molecule has 0 fully saturated rings. The van der Waals surface area contributed by atoms with Crippen LogP contribution in [-0.2, 0) is 10.1 Å². The van der Waals surface area contributed by atoms with Crippen molar-refractivity contribution in [2.24, 2.45) is 0 Å². The number of rotatable bonds is 0. The molecule has 8 heavy (non-hydrogen) atoms. The van der Waals surface area contributed by atoms with Crippen molar-refractivity contribution in [2.75, 3.05) is 6.26 Å². The summed E-state index contributed by atoms with van der Waals surface area (Å²) >= 11 is 0. The standard InChI is InChI=1S/CH4O3S.BH4.2Na/c1-5(2,3)4;;;/h1H3,(H,2,3,4);1H4;;/q;-1;2*+1/p-1. The molecule has 3 nitrogen and oxygen atoms in total. The molecule has 0 unspecified atom stereocenters. The molecule has 0 aromatic rings. The van der Waals surface area contributed by atoms with E-state index in [1.807, 2.05) is 0 Å². The van der Waals surface area contributed by atoms with Gasteiger partial charge in [-0.25, -0.2) is 8.42 Å². The fraction of sp³-hybridized carbons (Fsp3) is 1.00. The van der Waals surface area contributed by atoms with Crippen molar-refractivity contribution in [3.63, 3.8) is 0 Å². The largest absolute Gasteiger partial charge is 1.00 e. The quantitative estimate of drug-likeness (QED) is 0.258. The van der Waals surface area contributed by atoms with Gasteiger partial charge < -0.3 is 4.55 Å². The van der Waals surface area contributed by atoms with Gasteiger partial charge >= 0.3 is 59.1 Å². The molecule has 0 saturated heterocycles. The van der Waals surface area contributed by atoms with E-state index in [9.17, 15) is 0 Å². The Morgan fingerprint density at radius 3 is 1.25 bits per heavy atom. The van der Waals surface area contributed by atoms with E-state index in [2.05, 4.69) is 0 Å². The molecule has 0 radical (unpaired) electrons. The molecule has 0 bridgehead atoms. The van der Waals surface area contributed by atoms with Gasteiger partial charge in [-0.05, 0) is 0 Å². The molecule has 0 atom stereocenters. The molecule has 0 rings (SSSR count). The summed E-state index contributed by atoms with van der Waals surface area (Å²) in [6.45, 7) is 0. The Hall–Kier alpha value is 1.97. The molecule has 0 saturated carbocycles. The van der Waals surface area contributed by atoms with Gasteiger partial charge in [0.25, 0.3) is 0 Å². The molecule has 0 spiro atoms. The smallest absolute Gasteiger partial charge is 0.748 e.